The SMILES string of the molecule is Cc1ccc(C2CNCCN2CCC(=O)c2ccc3c(c2)CCC(=O)N3)cc1. The molecule has 2 heterocycles. The van der Waals surface area contributed by atoms with Crippen molar-refractivity contribution in [3.05, 3.63) is 64.7 Å². The van der Waals surface area contributed by atoms with Crippen LogP contribution in [-0.4, -0.2) is 42.8 Å². The van der Waals surface area contributed by atoms with E-state index in [1.165, 1.54) is 11.1 Å². The quantitative estimate of drug-likeness (QED) is 0.786. The molecule has 0 aromatic heterocycles. The van der Waals surface area contributed by atoms with Gasteiger partial charge in [0.1, 0.15) is 0 Å². The minimum absolute atomic E-state index is 0.0485. The molecule has 0 bridgehead atoms. The van der Waals surface area contributed by atoms with E-state index in [9.17, 15) is 9.59 Å². The molecule has 0 saturated carbocycles. The Balaban J connectivity index is 1.42. The topological polar surface area (TPSA) is 61.4 Å². The minimum atomic E-state index is 0.0485. The number of carbonyl (C=O) groups excluding carboxylic acids is 2. The summed E-state index contributed by atoms with van der Waals surface area (Å²) in [5, 5.41) is 6.35. The van der Waals surface area contributed by atoms with Crippen molar-refractivity contribution < 1.29 is 9.59 Å². The molecule has 2 aliphatic heterocycles. The fraction of sp³-hybridized carbons (Fsp3) is 0.391. The van der Waals surface area contributed by atoms with Gasteiger partial charge in [0.2, 0.25) is 5.91 Å². The maximum Gasteiger partial charge on any atom is 0.224 e. The lowest BCUT2D eigenvalue weighted by Gasteiger charge is -2.36. The third-order valence-electron chi connectivity index (χ3n) is 5.77. The van der Waals surface area contributed by atoms with Gasteiger partial charge in [-0.1, -0.05) is 29.8 Å². The number of piperazine rings is 1. The lowest BCUT2D eigenvalue weighted by Crippen LogP contribution is -2.46. The van der Waals surface area contributed by atoms with Crippen LogP contribution in [0.5, 0.6) is 0 Å². The number of anilines is 1. The number of rotatable bonds is 5. The fourth-order valence-electron chi connectivity index (χ4n) is 4.08. The first-order chi connectivity index (χ1) is 13.6. The predicted molar refractivity (Wildman–Crippen MR) is 111 cm³/mol. The number of nitrogens with one attached hydrogen (secondary N) is 2. The van der Waals surface area contributed by atoms with Crippen LogP contribution in [0.2, 0.25) is 0 Å². The van der Waals surface area contributed by atoms with Crippen molar-refractivity contribution in [1.82, 2.24) is 10.2 Å². The van der Waals surface area contributed by atoms with Crippen LogP contribution >= 0.6 is 0 Å². The smallest absolute Gasteiger partial charge is 0.224 e. The zero-order valence-electron chi connectivity index (χ0n) is 16.3. The van der Waals surface area contributed by atoms with Crippen molar-refractivity contribution in [3.63, 3.8) is 0 Å². The van der Waals surface area contributed by atoms with Gasteiger partial charge in [0.15, 0.2) is 5.78 Å². The molecular weight excluding hydrogens is 350 g/mol. The van der Waals surface area contributed by atoms with Gasteiger partial charge in [-0.15, -0.1) is 0 Å². The van der Waals surface area contributed by atoms with Crippen LogP contribution in [0.4, 0.5) is 5.69 Å². The van der Waals surface area contributed by atoms with E-state index in [1.807, 2.05) is 18.2 Å². The van der Waals surface area contributed by atoms with Crippen molar-refractivity contribution in [2.75, 3.05) is 31.5 Å². The number of hydrogen-bond acceptors (Lipinski definition) is 4. The Morgan fingerprint density at radius 2 is 1.96 bits per heavy atom. The Morgan fingerprint density at radius 1 is 1.14 bits per heavy atom. The van der Waals surface area contributed by atoms with Crippen molar-refractivity contribution in [1.29, 1.82) is 0 Å². The normalized spacial score (nSPS) is 19.8. The average molecular weight is 377 g/mol. The van der Waals surface area contributed by atoms with E-state index in [-0.39, 0.29) is 11.7 Å². The predicted octanol–water partition coefficient (Wildman–Crippen LogP) is 3.10. The minimum Gasteiger partial charge on any atom is -0.326 e. The second-order valence-electron chi connectivity index (χ2n) is 7.76. The second kappa shape index (κ2) is 8.25. The summed E-state index contributed by atoms with van der Waals surface area (Å²) in [5.41, 5.74) is 5.21. The van der Waals surface area contributed by atoms with Crippen LogP contribution in [0, 0.1) is 6.92 Å². The van der Waals surface area contributed by atoms with Crippen LogP contribution in [-0.2, 0) is 11.2 Å². The Morgan fingerprint density at radius 3 is 2.79 bits per heavy atom. The summed E-state index contributed by atoms with van der Waals surface area (Å²) in [6.07, 6.45) is 1.70. The molecule has 0 aliphatic carbocycles. The molecule has 1 saturated heterocycles. The highest BCUT2D eigenvalue weighted by Gasteiger charge is 2.24. The van der Waals surface area contributed by atoms with E-state index in [0.29, 0.717) is 25.3 Å². The maximum atomic E-state index is 12.8. The highest BCUT2D eigenvalue weighted by atomic mass is 16.1. The summed E-state index contributed by atoms with van der Waals surface area (Å²) in [7, 11) is 0. The molecule has 0 radical (unpaired) electrons. The van der Waals surface area contributed by atoms with Gasteiger partial charge in [-0.05, 0) is 42.7 Å². The molecule has 28 heavy (non-hydrogen) atoms. The number of amides is 1. The molecule has 5 nitrogen and oxygen atoms in total. The summed E-state index contributed by atoms with van der Waals surface area (Å²) in [4.78, 5) is 26.7. The van der Waals surface area contributed by atoms with Gasteiger partial charge in [-0.3, -0.25) is 14.5 Å². The number of hydrogen-bond donors (Lipinski definition) is 2. The summed E-state index contributed by atoms with van der Waals surface area (Å²) in [6, 6.07) is 14.6. The number of aryl methyl sites for hydroxylation is 2. The van der Waals surface area contributed by atoms with Gasteiger partial charge in [0.25, 0.3) is 0 Å². The van der Waals surface area contributed by atoms with Crippen LogP contribution in [0.1, 0.15) is 45.9 Å². The van der Waals surface area contributed by atoms with Gasteiger partial charge in [0, 0.05) is 56.3 Å². The second-order valence-corrected chi connectivity index (χ2v) is 7.76. The van der Waals surface area contributed by atoms with Crippen LogP contribution < -0.4 is 10.6 Å². The van der Waals surface area contributed by atoms with Crippen LogP contribution in [0.3, 0.4) is 0 Å². The van der Waals surface area contributed by atoms with E-state index < -0.39 is 0 Å². The lowest BCUT2D eigenvalue weighted by molar-refractivity contribution is -0.116. The third-order valence-corrected chi connectivity index (χ3v) is 5.77. The molecule has 0 spiro atoms. The van der Waals surface area contributed by atoms with E-state index >= 15 is 0 Å². The molecule has 4 rings (SSSR count). The lowest BCUT2D eigenvalue weighted by atomic mass is 9.97. The molecule has 2 aliphatic rings. The van der Waals surface area contributed by atoms with E-state index in [0.717, 1.165) is 43.0 Å². The Bertz CT molecular complexity index is 876. The van der Waals surface area contributed by atoms with E-state index in [4.69, 9.17) is 0 Å². The zero-order chi connectivity index (χ0) is 19.5. The number of nitrogens with zero attached hydrogens (tertiary/aromatic N) is 1. The van der Waals surface area contributed by atoms with Crippen molar-refractivity contribution in [2.45, 2.75) is 32.2 Å². The van der Waals surface area contributed by atoms with Crippen molar-refractivity contribution >= 4 is 17.4 Å². The zero-order valence-corrected chi connectivity index (χ0v) is 16.3. The van der Waals surface area contributed by atoms with Gasteiger partial charge >= 0.3 is 0 Å². The van der Waals surface area contributed by atoms with Crippen LogP contribution in [0.25, 0.3) is 0 Å². The van der Waals surface area contributed by atoms with E-state index in [2.05, 4.69) is 46.7 Å². The molecule has 1 atom stereocenters. The highest BCUT2D eigenvalue weighted by Crippen LogP contribution is 2.25. The molecule has 1 fully saturated rings. The first-order valence-electron chi connectivity index (χ1n) is 10.1. The summed E-state index contributed by atoms with van der Waals surface area (Å²) in [6.45, 7) is 5.67. The molecule has 2 N–H and O–H groups in total. The number of benzene rings is 2. The van der Waals surface area contributed by atoms with Gasteiger partial charge in [-0.2, -0.15) is 0 Å². The standard InChI is InChI=1S/C23H27N3O2/c1-16-2-4-17(5-3-16)21-15-24-11-13-26(21)12-10-22(27)19-6-8-20-18(14-19)7-9-23(28)25-20/h2-6,8,14,21,24H,7,9-13,15H2,1H3,(H,25,28). The van der Waals surface area contributed by atoms with Gasteiger partial charge in [0.05, 0.1) is 0 Å². The molecular formula is C23H27N3O2. The third kappa shape index (κ3) is 4.16. The van der Waals surface area contributed by atoms with Crippen molar-refractivity contribution in [3.8, 4) is 0 Å². The molecule has 1 amide bonds. The summed E-state index contributed by atoms with van der Waals surface area (Å²) in [5.74, 6) is 0.216. The fourth-order valence-corrected chi connectivity index (χ4v) is 4.08. The van der Waals surface area contributed by atoms with E-state index in [1.54, 1.807) is 0 Å². The summed E-state index contributed by atoms with van der Waals surface area (Å²) >= 11 is 0. The Hall–Kier alpha value is -2.50. The first kappa shape index (κ1) is 18.8. The Labute approximate surface area is 166 Å². The van der Waals surface area contributed by atoms with Gasteiger partial charge in [-0.25, -0.2) is 0 Å². The number of fused-ring (bicyclic) bond motifs is 1. The monoisotopic (exact) mass is 377 g/mol. The van der Waals surface area contributed by atoms with Gasteiger partial charge < -0.3 is 10.6 Å². The molecule has 2 aromatic carbocycles. The first-order valence-corrected chi connectivity index (χ1v) is 10.1. The van der Waals surface area contributed by atoms with Crippen LogP contribution in [0.15, 0.2) is 42.5 Å². The molecule has 2 aromatic rings. The number of ketones is 1. The molecule has 5 heteroatoms. The highest BCUT2D eigenvalue weighted by molar-refractivity contribution is 5.99. The average Bonchev–Trinajstić information content (AvgIpc) is 2.72. The molecule has 1 unspecified atom stereocenters. The maximum absolute atomic E-state index is 12.8. The largest absolute Gasteiger partial charge is 0.326 e. The summed E-state index contributed by atoms with van der Waals surface area (Å²) < 4.78 is 0. The number of Topliss-reactive ketones (excluding diaryl/α,β-unsaturated/α-hetero) is 1. The Kier molecular flexibility index (Phi) is 5.55. The number of carbonyl (C=O) groups is 2. The molecule has 146 valence electrons. The van der Waals surface area contributed by atoms with Crippen molar-refractivity contribution in [2.24, 2.45) is 0 Å².